The molecule has 1 atom stereocenters. The van der Waals surface area contributed by atoms with Gasteiger partial charge < -0.3 is 10.2 Å². The molecule has 0 bridgehead atoms. The minimum Gasteiger partial charge on any atom is -0.357 e. The van der Waals surface area contributed by atoms with E-state index in [1.807, 2.05) is 0 Å². The molecule has 0 aromatic heterocycles. The van der Waals surface area contributed by atoms with Gasteiger partial charge in [0.1, 0.15) is 12.6 Å². The standard InChI is InChI=1S/C21H25Cl2N3O4S/c1-4-19(21(28)24-2)25(13-15-10-11-17(22)18(23)12-15)20(27)14-26(31(3,29)30)16-8-6-5-7-9-16/h5-12,19H,4,13-14H2,1-3H3,(H,24,28)/t19-/m1/s1. The molecule has 0 unspecified atom stereocenters. The lowest BCUT2D eigenvalue weighted by molar-refractivity contribution is -0.140. The Bertz CT molecular complexity index is 1030. The molecule has 0 saturated carbocycles. The quantitative estimate of drug-likeness (QED) is 0.589. The number of sulfonamides is 1. The first-order valence-electron chi connectivity index (χ1n) is 9.56. The summed E-state index contributed by atoms with van der Waals surface area (Å²) in [4.78, 5) is 27.2. The smallest absolute Gasteiger partial charge is 0.244 e. The number of carbonyl (C=O) groups excluding carboxylic acids is 2. The number of hydrogen-bond acceptors (Lipinski definition) is 4. The molecule has 0 saturated heterocycles. The number of hydrogen-bond donors (Lipinski definition) is 1. The van der Waals surface area contributed by atoms with Gasteiger partial charge in [0.2, 0.25) is 21.8 Å². The second kappa shape index (κ2) is 10.8. The number of nitrogens with zero attached hydrogens (tertiary/aromatic N) is 2. The number of halogens is 2. The first kappa shape index (κ1) is 25.0. The van der Waals surface area contributed by atoms with Crippen LogP contribution in [-0.2, 0) is 26.2 Å². The lowest BCUT2D eigenvalue weighted by atomic mass is 10.1. The summed E-state index contributed by atoms with van der Waals surface area (Å²) in [5.74, 6) is -0.864. The van der Waals surface area contributed by atoms with Gasteiger partial charge in [-0.1, -0.05) is 54.4 Å². The Morgan fingerprint density at radius 3 is 2.23 bits per heavy atom. The minimum atomic E-state index is -3.74. The number of carbonyl (C=O) groups is 2. The van der Waals surface area contributed by atoms with Crippen LogP contribution in [-0.4, -0.2) is 51.0 Å². The predicted molar refractivity (Wildman–Crippen MR) is 124 cm³/mol. The van der Waals surface area contributed by atoms with Crippen LogP contribution in [0.1, 0.15) is 18.9 Å². The number of benzene rings is 2. The van der Waals surface area contributed by atoms with E-state index in [0.29, 0.717) is 27.7 Å². The van der Waals surface area contributed by atoms with Gasteiger partial charge in [-0.2, -0.15) is 0 Å². The molecular formula is C21H25Cl2N3O4S. The van der Waals surface area contributed by atoms with Crippen molar-refractivity contribution in [3.8, 4) is 0 Å². The maximum atomic E-state index is 13.3. The van der Waals surface area contributed by atoms with E-state index in [4.69, 9.17) is 23.2 Å². The molecule has 31 heavy (non-hydrogen) atoms. The van der Waals surface area contributed by atoms with Gasteiger partial charge in [0.25, 0.3) is 0 Å². The van der Waals surface area contributed by atoms with Gasteiger partial charge in [-0.3, -0.25) is 13.9 Å². The molecule has 0 radical (unpaired) electrons. The maximum Gasteiger partial charge on any atom is 0.244 e. The summed E-state index contributed by atoms with van der Waals surface area (Å²) in [6.07, 6.45) is 1.38. The number of amides is 2. The van der Waals surface area contributed by atoms with Crippen molar-refractivity contribution < 1.29 is 18.0 Å². The Morgan fingerprint density at radius 1 is 1.06 bits per heavy atom. The molecule has 1 N–H and O–H groups in total. The lowest BCUT2D eigenvalue weighted by Crippen LogP contribution is -2.51. The molecule has 10 heteroatoms. The molecule has 2 rings (SSSR count). The first-order valence-corrected chi connectivity index (χ1v) is 12.2. The molecule has 0 aliphatic carbocycles. The topological polar surface area (TPSA) is 86.8 Å². The highest BCUT2D eigenvalue weighted by molar-refractivity contribution is 7.92. The molecular weight excluding hydrogens is 461 g/mol. The van der Waals surface area contributed by atoms with Crippen LogP contribution in [0.5, 0.6) is 0 Å². The number of rotatable bonds is 9. The summed E-state index contributed by atoms with van der Waals surface area (Å²) in [6.45, 7) is 1.40. The third-order valence-corrected chi connectivity index (χ3v) is 6.57. The van der Waals surface area contributed by atoms with Gasteiger partial charge in [-0.25, -0.2) is 8.42 Å². The second-order valence-corrected chi connectivity index (χ2v) is 9.63. The molecule has 0 fully saturated rings. The van der Waals surface area contributed by atoms with Crippen LogP contribution in [0.3, 0.4) is 0 Å². The Morgan fingerprint density at radius 2 is 1.71 bits per heavy atom. The van der Waals surface area contributed by atoms with E-state index >= 15 is 0 Å². The van der Waals surface area contributed by atoms with Gasteiger partial charge in [-0.05, 0) is 36.2 Å². The summed E-state index contributed by atoms with van der Waals surface area (Å²) in [6, 6.07) is 12.5. The normalized spacial score (nSPS) is 12.2. The summed E-state index contributed by atoms with van der Waals surface area (Å²) in [7, 11) is -2.26. The van der Waals surface area contributed by atoms with Crippen molar-refractivity contribution in [2.24, 2.45) is 0 Å². The highest BCUT2D eigenvalue weighted by Crippen LogP contribution is 2.24. The van der Waals surface area contributed by atoms with Crippen LogP contribution in [0, 0.1) is 0 Å². The molecule has 7 nitrogen and oxygen atoms in total. The Kier molecular flexibility index (Phi) is 8.73. The van der Waals surface area contributed by atoms with Crippen molar-refractivity contribution in [3.05, 3.63) is 64.1 Å². The average molecular weight is 486 g/mol. The van der Waals surface area contributed by atoms with Gasteiger partial charge in [-0.15, -0.1) is 0 Å². The number of anilines is 1. The minimum absolute atomic E-state index is 0.0635. The van der Waals surface area contributed by atoms with Crippen molar-refractivity contribution in [1.29, 1.82) is 0 Å². The van der Waals surface area contributed by atoms with Crippen molar-refractivity contribution in [2.75, 3.05) is 24.2 Å². The van der Waals surface area contributed by atoms with E-state index in [2.05, 4.69) is 5.32 Å². The SMILES string of the molecule is CC[C@H](C(=O)NC)N(Cc1ccc(Cl)c(Cl)c1)C(=O)CN(c1ccccc1)S(C)(=O)=O. The molecule has 0 heterocycles. The fourth-order valence-corrected chi connectivity index (χ4v) is 4.30. The van der Waals surface area contributed by atoms with E-state index in [0.717, 1.165) is 10.6 Å². The van der Waals surface area contributed by atoms with Crippen molar-refractivity contribution in [2.45, 2.75) is 25.9 Å². The van der Waals surface area contributed by atoms with Gasteiger partial charge in [0.05, 0.1) is 22.0 Å². The summed E-state index contributed by atoms with van der Waals surface area (Å²) >= 11 is 12.1. The second-order valence-electron chi connectivity index (χ2n) is 6.91. The van der Waals surface area contributed by atoms with Crippen LogP contribution in [0.15, 0.2) is 48.5 Å². The lowest BCUT2D eigenvalue weighted by Gasteiger charge is -2.32. The Labute approximate surface area is 193 Å². The van der Waals surface area contributed by atoms with E-state index in [1.54, 1.807) is 55.5 Å². The van der Waals surface area contributed by atoms with Gasteiger partial charge in [0.15, 0.2) is 0 Å². The zero-order valence-corrected chi connectivity index (χ0v) is 19.8. The molecule has 2 amide bonds. The Balaban J connectivity index is 2.42. The maximum absolute atomic E-state index is 13.3. The highest BCUT2D eigenvalue weighted by atomic mass is 35.5. The van der Waals surface area contributed by atoms with Crippen LogP contribution in [0.2, 0.25) is 10.0 Å². The van der Waals surface area contributed by atoms with Crippen LogP contribution < -0.4 is 9.62 Å². The fourth-order valence-electron chi connectivity index (χ4n) is 3.13. The van der Waals surface area contributed by atoms with E-state index in [1.165, 1.54) is 11.9 Å². The highest BCUT2D eigenvalue weighted by Gasteiger charge is 2.31. The summed E-state index contributed by atoms with van der Waals surface area (Å²) in [5.41, 5.74) is 1.02. The summed E-state index contributed by atoms with van der Waals surface area (Å²) < 4.78 is 25.8. The monoisotopic (exact) mass is 485 g/mol. The first-order chi connectivity index (χ1) is 14.6. The zero-order valence-electron chi connectivity index (χ0n) is 17.5. The van der Waals surface area contributed by atoms with Crippen LogP contribution in [0.25, 0.3) is 0 Å². The Hall–Kier alpha value is -2.29. The number of likely N-dealkylation sites (N-methyl/N-ethyl adjacent to an activating group) is 1. The predicted octanol–water partition coefficient (Wildman–Crippen LogP) is 3.31. The van der Waals surface area contributed by atoms with E-state index < -0.39 is 28.5 Å². The number of para-hydroxylation sites is 1. The third kappa shape index (κ3) is 6.59. The van der Waals surface area contributed by atoms with Crippen LogP contribution >= 0.6 is 23.2 Å². The van der Waals surface area contributed by atoms with E-state index in [9.17, 15) is 18.0 Å². The van der Waals surface area contributed by atoms with E-state index in [-0.39, 0.29) is 12.5 Å². The molecule has 0 spiro atoms. The molecule has 2 aromatic carbocycles. The van der Waals surface area contributed by atoms with Crippen molar-refractivity contribution in [1.82, 2.24) is 10.2 Å². The largest absolute Gasteiger partial charge is 0.357 e. The average Bonchev–Trinajstić information content (AvgIpc) is 2.73. The van der Waals surface area contributed by atoms with Crippen LogP contribution in [0.4, 0.5) is 5.69 Å². The van der Waals surface area contributed by atoms with Crippen molar-refractivity contribution in [3.63, 3.8) is 0 Å². The fraction of sp³-hybridized carbons (Fsp3) is 0.333. The number of nitrogens with one attached hydrogen (secondary N) is 1. The molecule has 168 valence electrons. The molecule has 2 aromatic rings. The third-order valence-electron chi connectivity index (χ3n) is 4.69. The van der Waals surface area contributed by atoms with Gasteiger partial charge >= 0.3 is 0 Å². The van der Waals surface area contributed by atoms with Gasteiger partial charge in [0, 0.05) is 13.6 Å². The molecule has 0 aliphatic heterocycles. The zero-order chi connectivity index (χ0) is 23.2. The summed E-state index contributed by atoms with van der Waals surface area (Å²) in [5, 5.41) is 3.25. The van der Waals surface area contributed by atoms with Crippen molar-refractivity contribution >= 4 is 50.7 Å². The molecule has 0 aliphatic rings.